The van der Waals surface area contributed by atoms with Crippen molar-refractivity contribution >= 4 is 6.09 Å². The van der Waals surface area contributed by atoms with E-state index in [1.54, 1.807) is 0 Å². The Labute approximate surface area is 132 Å². The van der Waals surface area contributed by atoms with Crippen LogP contribution in [0.25, 0.3) is 0 Å². The average Bonchev–Trinajstić information content (AvgIpc) is 3.11. The van der Waals surface area contributed by atoms with Crippen LogP contribution in [0.4, 0.5) is 4.79 Å². The Kier molecular flexibility index (Phi) is 4.80. The lowest BCUT2D eigenvalue weighted by molar-refractivity contribution is 0.0513. The molecule has 1 aliphatic carbocycles. The van der Waals surface area contributed by atoms with Crippen LogP contribution in [0.2, 0.25) is 0 Å². The Hall–Kier alpha value is -1.56. The number of nitrogens with one attached hydrogen (secondary N) is 2. The second kappa shape index (κ2) is 6.28. The maximum atomic E-state index is 11.7. The predicted molar refractivity (Wildman–Crippen MR) is 85.7 cm³/mol. The first-order chi connectivity index (χ1) is 10.2. The summed E-state index contributed by atoms with van der Waals surface area (Å²) in [4.78, 5) is 15.9. The van der Waals surface area contributed by atoms with Crippen LogP contribution in [0.3, 0.4) is 0 Å². The molecular weight excluding hydrogens is 280 g/mol. The van der Waals surface area contributed by atoms with Gasteiger partial charge < -0.3 is 19.9 Å². The monoisotopic (exact) mass is 308 g/mol. The molecule has 0 unspecified atom stereocenters. The maximum Gasteiger partial charge on any atom is 0.407 e. The SMILES string of the molecule is CC(C)(CNC(=O)OC(C)(C)C)NCc1cncn1C1CC1. The van der Waals surface area contributed by atoms with Gasteiger partial charge in [0.1, 0.15) is 5.60 Å². The molecule has 0 bridgehead atoms. The van der Waals surface area contributed by atoms with E-state index in [-0.39, 0.29) is 11.6 Å². The highest BCUT2D eigenvalue weighted by Gasteiger charge is 2.26. The molecule has 1 aliphatic rings. The summed E-state index contributed by atoms with van der Waals surface area (Å²) in [5.74, 6) is 0. The Morgan fingerprint density at radius 1 is 1.36 bits per heavy atom. The molecule has 0 aliphatic heterocycles. The Bertz CT molecular complexity index is 512. The molecule has 124 valence electrons. The van der Waals surface area contributed by atoms with Crippen molar-refractivity contribution in [2.45, 2.75) is 71.2 Å². The number of rotatable bonds is 6. The molecule has 0 atom stereocenters. The molecular formula is C16H28N4O2. The summed E-state index contributed by atoms with van der Waals surface area (Å²) in [7, 11) is 0. The van der Waals surface area contributed by atoms with Crippen LogP contribution in [-0.4, -0.2) is 33.3 Å². The molecule has 22 heavy (non-hydrogen) atoms. The second-order valence-corrected chi connectivity index (χ2v) is 7.62. The van der Waals surface area contributed by atoms with E-state index in [0.29, 0.717) is 12.6 Å². The number of carbonyl (C=O) groups is 1. The fraction of sp³-hybridized carbons (Fsp3) is 0.750. The zero-order valence-electron chi connectivity index (χ0n) is 14.3. The number of ether oxygens (including phenoxy) is 1. The fourth-order valence-electron chi connectivity index (χ4n) is 2.15. The third-order valence-electron chi connectivity index (χ3n) is 3.51. The van der Waals surface area contributed by atoms with Crippen LogP contribution in [-0.2, 0) is 11.3 Å². The van der Waals surface area contributed by atoms with E-state index in [2.05, 4.69) is 34.0 Å². The van der Waals surface area contributed by atoms with E-state index in [9.17, 15) is 4.79 Å². The molecule has 1 fully saturated rings. The third kappa shape index (κ3) is 5.33. The molecule has 2 N–H and O–H groups in total. The molecule has 0 saturated heterocycles. The van der Waals surface area contributed by atoms with Crippen molar-refractivity contribution in [3.63, 3.8) is 0 Å². The lowest BCUT2D eigenvalue weighted by atomic mass is 10.1. The van der Waals surface area contributed by atoms with Gasteiger partial charge in [-0.25, -0.2) is 9.78 Å². The second-order valence-electron chi connectivity index (χ2n) is 7.62. The molecule has 0 spiro atoms. The van der Waals surface area contributed by atoms with Gasteiger partial charge in [-0.05, 0) is 47.5 Å². The standard InChI is InChI=1S/C16H28N4O2/c1-15(2,3)22-14(21)18-10-16(4,5)19-9-13-8-17-11-20(13)12-6-7-12/h8,11-12,19H,6-7,9-10H2,1-5H3,(H,18,21). The van der Waals surface area contributed by atoms with Crippen molar-refractivity contribution in [1.82, 2.24) is 20.2 Å². The van der Waals surface area contributed by atoms with Gasteiger partial charge in [-0.3, -0.25) is 0 Å². The molecule has 0 aromatic carbocycles. The van der Waals surface area contributed by atoms with Crippen molar-refractivity contribution < 1.29 is 9.53 Å². The topological polar surface area (TPSA) is 68.2 Å². The molecule has 1 amide bonds. The highest BCUT2D eigenvalue weighted by Crippen LogP contribution is 2.35. The fourth-order valence-corrected chi connectivity index (χ4v) is 2.15. The normalized spacial score (nSPS) is 15.7. The predicted octanol–water partition coefficient (Wildman–Crippen LogP) is 2.61. The minimum Gasteiger partial charge on any atom is -0.444 e. The van der Waals surface area contributed by atoms with Crippen LogP contribution < -0.4 is 10.6 Å². The highest BCUT2D eigenvalue weighted by atomic mass is 16.6. The first-order valence-electron chi connectivity index (χ1n) is 7.89. The van der Waals surface area contributed by atoms with Gasteiger partial charge in [0.05, 0.1) is 12.0 Å². The van der Waals surface area contributed by atoms with E-state index in [1.165, 1.54) is 18.5 Å². The Morgan fingerprint density at radius 2 is 2.05 bits per heavy atom. The summed E-state index contributed by atoms with van der Waals surface area (Å²) in [6.07, 6.45) is 5.91. The summed E-state index contributed by atoms with van der Waals surface area (Å²) < 4.78 is 7.49. The van der Waals surface area contributed by atoms with Crippen molar-refractivity contribution in [1.29, 1.82) is 0 Å². The van der Waals surface area contributed by atoms with E-state index >= 15 is 0 Å². The van der Waals surface area contributed by atoms with Crippen molar-refractivity contribution in [2.24, 2.45) is 0 Å². The molecule has 1 aromatic rings. The summed E-state index contributed by atoms with van der Waals surface area (Å²) in [5, 5.41) is 6.28. The zero-order valence-corrected chi connectivity index (χ0v) is 14.3. The van der Waals surface area contributed by atoms with Crippen LogP contribution in [0.5, 0.6) is 0 Å². The summed E-state index contributed by atoms with van der Waals surface area (Å²) in [6, 6.07) is 0.627. The van der Waals surface area contributed by atoms with Crippen molar-refractivity contribution in [3.8, 4) is 0 Å². The van der Waals surface area contributed by atoms with E-state index in [1.807, 2.05) is 33.3 Å². The summed E-state index contributed by atoms with van der Waals surface area (Å²) >= 11 is 0. The van der Waals surface area contributed by atoms with E-state index < -0.39 is 5.60 Å². The van der Waals surface area contributed by atoms with E-state index in [4.69, 9.17) is 4.74 Å². The number of amides is 1. The van der Waals surface area contributed by atoms with Gasteiger partial charge in [0, 0.05) is 30.9 Å². The smallest absolute Gasteiger partial charge is 0.407 e. The number of aromatic nitrogens is 2. The zero-order chi connectivity index (χ0) is 16.4. The van der Waals surface area contributed by atoms with Gasteiger partial charge in [0.25, 0.3) is 0 Å². The van der Waals surface area contributed by atoms with Gasteiger partial charge in [-0.1, -0.05) is 0 Å². The maximum absolute atomic E-state index is 11.7. The van der Waals surface area contributed by atoms with E-state index in [0.717, 1.165) is 6.54 Å². The number of imidazole rings is 1. The molecule has 0 radical (unpaired) electrons. The first kappa shape index (κ1) is 16.8. The average molecular weight is 308 g/mol. The Morgan fingerprint density at radius 3 is 2.64 bits per heavy atom. The number of nitrogens with zero attached hydrogens (tertiary/aromatic N) is 2. The number of carbonyl (C=O) groups excluding carboxylic acids is 1. The molecule has 1 heterocycles. The molecule has 2 rings (SSSR count). The van der Waals surface area contributed by atoms with Gasteiger partial charge in [0.15, 0.2) is 0 Å². The van der Waals surface area contributed by atoms with Crippen LogP contribution in [0, 0.1) is 0 Å². The molecule has 6 heteroatoms. The molecule has 6 nitrogen and oxygen atoms in total. The minimum atomic E-state index is -0.474. The van der Waals surface area contributed by atoms with Gasteiger partial charge >= 0.3 is 6.09 Å². The molecule has 1 saturated carbocycles. The number of hydrogen-bond donors (Lipinski definition) is 2. The van der Waals surface area contributed by atoms with Crippen LogP contribution >= 0.6 is 0 Å². The molecule has 1 aromatic heterocycles. The van der Waals surface area contributed by atoms with Crippen LogP contribution in [0.15, 0.2) is 12.5 Å². The highest BCUT2D eigenvalue weighted by molar-refractivity contribution is 5.67. The van der Waals surface area contributed by atoms with Crippen LogP contribution in [0.1, 0.15) is 59.2 Å². The lowest BCUT2D eigenvalue weighted by Crippen LogP contribution is -2.49. The van der Waals surface area contributed by atoms with Crippen molar-refractivity contribution in [3.05, 3.63) is 18.2 Å². The largest absolute Gasteiger partial charge is 0.444 e. The van der Waals surface area contributed by atoms with Gasteiger partial charge in [-0.15, -0.1) is 0 Å². The quantitative estimate of drug-likeness (QED) is 0.847. The van der Waals surface area contributed by atoms with Gasteiger partial charge in [0.2, 0.25) is 0 Å². The number of alkyl carbamates (subject to hydrolysis) is 1. The lowest BCUT2D eigenvalue weighted by Gasteiger charge is -2.28. The summed E-state index contributed by atoms with van der Waals surface area (Å²) in [5.41, 5.74) is 0.487. The summed E-state index contributed by atoms with van der Waals surface area (Å²) in [6.45, 7) is 10.9. The van der Waals surface area contributed by atoms with Crippen molar-refractivity contribution in [2.75, 3.05) is 6.54 Å². The first-order valence-corrected chi connectivity index (χ1v) is 7.89. The number of hydrogen-bond acceptors (Lipinski definition) is 4. The third-order valence-corrected chi connectivity index (χ3v) is 3.51. The minimum absolute atomic E-state index is 0.227. The Balaban J connectivity index is 1.78. The van der Waals surface area contributed by atoms with Gasteiger partial charge in [-0.2, -0.15) is 0 Å².